The highest BCUT2D eigenvalue weighted by molar-refractivity contribution is 5.85. The smallest absolute Gasteiger partial charge is 0.331 e. The van der Waals surface area contributed by atoms with Gasteiger partial charge < -0.3 is 69.3 Å². The second-order valence-corrected chi connectivity index (χ2v) is 16.2. The summed E-state index contributed by atoms with van der Waals surface area (Å²) in [4.78, 5) is 25.1. The average molecular weight is 713 g/mol. The zero-order valence-corrected chi connectivity index (χ0v) is 28.5. The van der Waals surface area contributed by atoms with Crippen LogP contribution in [0.15, 0.2) is 11.6 Å². The highest BCUT2D eigenvalue weighted by Crippen LogP contribution is 2.70. The lowest BCUT2D eigenvalue weighted by atomic mass is 9.41. The van der Waals surface area contributed by atoms with E-state index in [-0.39, 0.29) is 49.6 Å². The quantitative estimate of drug-likeness (QED) is 0.0858. The van der Waals surface area contributed by atoms with E-state index in [9.17, 15) is 50.4 Å². The summed E-state index contributed by atoms with van der Waals surface area (Å²) < 4.78 is 28.8. The molecule has 50 heavy (non-hydrogen) atoms. The van der Waals surface area contributed by atoms with Crippen molar-refractivity contribution in [1.29, 1.82) is 0 Å². The predicted octanol–water partition coefficient (Wildman–Crippen LogP) is -1.43. The topological polar surface area (TPSA) is 242 Å². The van der Waals surface area contributed by atoms with Gasteiger partial charge in [0.2, 0.25) is 0 Å². The predicted molar refractivity (Wildman–Crippen MR) is 167 cm³/mol. The maximum atomic E-state index is 13.2. The maximum Gasteiger partial charge on any atom is 0.331 e. The number of hydrogen-bond donors (Lipinski definition) is 8. The normalized spacial score (nSPS) is 55.0. The minimum atomic E-state index is -1.77. The molecule has 15 heteroatoms. The molecule has 282 valence electrons. The van der Waals surface area contributed by atoms with Gasteiger partial charge in [0.1, 0.15) is 55.6 Å². The lowest BCUT2D eigenvalue weighted by molar-refractivity contribution is -0.372. The lowest BCUT2D eigenvalue weighted by Crippen LogP contribution is -2.69. The second kappa shape index (κ2) is 13.1. The number of ether oxygens (including phenoxy) is 5. The Morgan fingerprint density at radius 1 is 0.860 bits per heavy atom. The van der Waals surface area contributed by atoms with Gasteiger partial charge >= 0.3 is 5.97 Å². The monoisotopic (exact) mass is 712 g/mol. The fourth-order valence-electron chi connectivity index (χ4n) is 11.2. The second-order valence-electron chi connectivity index (χ2n) is 16.2. The molecule has 0 aromatic rings. The first-order chi connectivity index (χ1) is 23.6. The first kappa shape index (κ1) is 36.7. The number of aliphatic hydroxyl groups excluding tert-OH is 6. The fourth-order valence-corrected chi connectivity index (χ4v) is 11.2. The number of carbonyl (C=O) groups is 2. The Hall–Kier alpha value is -1.60. The molecule has 7 rings (SSSR count). The molecule has 8 N–H and O–H groups in total. The Morgan fingerprint density at radius 2 is 1.60 bits per heavy atom. The Morgan fingerprint density at radius 3 is 2.28 bits per heavy atom. The SMILES string of the molecule is C[C@@H]1O[C@@H](O[C@H]2CC[C@]3(C=O)[C@H]4CC[C@]5(C)[C@@H](C6=CC(=O)OC6)CC[C@]5(O)[C@@H]4CC[C@]3(O)C2)[C@H](O[C@@H]2O[C@H](CO)[C@@H](O)[C@H](O)[C@H]2O)[C@H](O)[C@H]1O. The third-order valence-corrected chi connectivity index (χ3v) is 14.1. The van der Waals surface area contributed by atoms with Crippen molar-refractivity contribution in [3.63, 3.8) is 0 Å². The van der Waals surface area contributed by atoms with Crippen LogP contribution in [0.4, 0.5) is 0 Å². The largest absolute Gasteiger partial charge is 0.458 e. The third-order valence-electron chi connectivity index (χ3n) is 14.1. The molecule has 4 saturated carbocycles. The summed E-state index contributed by atoms with van der Waals surface area (Å²) in [7, 11) is 0. The van der Waals surface area contributed by atoms with Gasteiger partial charge in [0.25, 0.3) is 0 Å². The van der Waals surface area contributed by atoms with Gasteiger partial charge in [-0.1, -0.05) is 6.92 Å². The molecule has 0 spiro atoms. The van der Waals surface area contributed by atoms with Gasteiger partial charge in [0.05, 0.1) is 35.4 Å². The molecular formula is C35H52O15. The lowest BCUT2D eigenvalue weighted by Gasteiger charge is -2.65. The Kier molecular flexibility index (Phi) is 9.60. The maximum absolute atomic E-state index is 13.2. The molecule has 7 aliphatic rings. The van der Waals surface area contributed by atoms with E-state index >= 15 is 0 Å². The minimum absolute atomic E-state index is 0.0121. The Balaban J connectivity index is 1.09. The summed E-state index contributed by atoms with van der Waals surface area (Å²) >= 11 is 0. The highest BCUT2D eigenvalue weighted by atomic mass is 16.8. The summed E-state index contributed by atoms with van der Waals surface area (Å²) in [6.45, 7) is 3.16. The fraction of sp³-hybridized carbons (Fsp3) is 0.886. The van der Waals surface area contributed by atoms with Crippen LogP contribution in [0.25, 0.3) is 0 Å². The van der Waals surface area contributed by atoms with Crippen LogP contribution >= 0.6 is 0 Å². The van der Waals surface area contributed by atoms with Gasteiger partial charge in [-0.3, -0.25) is 0 Å². The van der Waals surface area contributed by atoms with E-state index in [1.54, 1.807) is 6.08 Å². The molecule has 0 amide bonds. The molecular weight excluding hydrogens is 660 g/mol. The van der Waals surface area contributed by atoms with Gasteiger partial charge in [-0.15, -0.1) is 0 Å². The molecule has 2 saturated heterocycles. The van der Waals surface area contributed by atoms with Crippen LogP contribution in [0.2, 0.25) is 0 Å². The molecule has 15 nitrogen and oxygen atoms in total. The molecule has 18 atom stereocenters. The van der Waals surface area contributed by atoms with Gasteiger partial charge in [0, 0.05) is 17.9 Å². The van der Waals surface area contributed by atoms with E-state index in [1.165, 1.54) is 6.92 Å². The van der Waals surface area contributed by atoms with Crippen LogP contribution in [0, 0.1) is 28.6 Å². The summed E-state index contributed by atoms with van der Waals surface area (Å²) in [5, 5.41) is 87.2. The van der Waals surface area contributed by atoms with Gasteiger partial charge in [-0.05, 0) is 81.6 Å². The van der Waals surface area contributed by atoms with Crippen molar-refractivity contribution in [1.82, 2.24) is 0 Å². The van der Waals surface area contributed by atoms with Crippen LogP contribution < -0.4 is 0 Å². The zero-order chi connectivity index (χ0) is 36.0. The summed E-state index contributed by atoms with van der Waals surface area (Å²) in [5.41, 5.74) is -3.30. The van der Waals surface area contributed by atoms with E-state index in [0.29, 0.717) is 38.5 Å². The van der Waals surface area contributed by atoms with E-state index < -0.39 is 96.2 Å². The molecule has 0 bridgehead atoms. The van der Waals surface area contributed by atoms with Gasteiger partial charge in [0.15, 0.2) is 12.6 Å². The number of hydrogen-bond acceptors (Lipinski definition) is 15. The summed E-state index contributed by atoms with van der Waals surface area (Å²) in [6, 6.07) is 0. The van der Waals surface area contributed by atoms with Crippen molar-refractivity contribution < 1.29 is 74.1 Å². The first-order valence-electron chi connectivity index (χ1n) is 18.0. The van der Waals surface area contributed by atoms with E-state index in [4.69, 9.17) is 23.7 Å². The van der Waals surface area contributed by atoms with E-state index in [0.717, 1.165) is 11.9 Å². The molecule has 0 aromatic carbocycles. The van der Waals surface area contributed by atoms with Crippen LogP contribution in [0.5, 0.6) is 0 Å². The van der Waals surface area contributed by atoms with Gasteiger partial charge in [-0.2, -0.15) is 0 Å². The van der Waals surface area contributed by atoms with Crippen LogP contribution in [-0.2, 0) is 33.3 Å². The minimum Gasteiger partial charge on any atom is -0.458 e. The molecule has 0 radical (unpaired) electrons. The number of cyclic esters (lactones) is 1. The van der Waals surface area contributed by atoms with Crippen molar-refractivity contribution in [2.75, 3.05) is 13.2 Å². The molecule has 3 aliphatic heterocycles. The van der Waals surface area contributed by atoms with Crippen molar-refractivity contribution in [3.8, 4) is 0 Å². The molecule has 0 unspecified atom stereocenters. The van der Waals surface area contributed by atoms with Crippen molar-refractivity contribution in [2.45, 2.75) is 150 Å². The van der Waals surface area contributed by atoms with Crippen molar-refractivity contribution in [3.05, 3.63) is 11.6 Å². The highest BCUT2D eigenvalue weighted by Gasteiger charge is 2.71. The molecule has 4 aliphatic carbocycles. The zero-order valence-electron chi connectivity index (χ0n) is 28.5. The molecule has 3 heterocycles. The Labute approximate surface area is 290 Å². The average Bonchev–Trinajstić information content (AvgIpc) is 3.64. The van der Waals surface area contributed by atoms with E-state index in [1.807, 2.05) is 0 Å². The summed E-state index contributed by atoms with van der Waals surface area (Å²) in [5.74, 6) is -0.887. The van der Waals surface area contributed by atoms with Crippen LogP contribution in [-0.4, -0.2) is 145 Å². The van der Waals surface area contributed by atoms with Crippen LogP contribution in [0.1, 0.15) is 71.6 Å². The number of aliphatic hydroxyl groups is 8. The number of carbonyl (C=O) groups excluding carboxylic acids is 2. The number of aldehydes is 1. The Bertz CT molecular complexity index is 1340. The number of fused-ring (bicyclic) bond motifs is 5. The third kappa shape index (κ3) is 5.37. The van der Waals surface area contributed by atoms with Crippen molar-refractivity contribution >= 4 is 12.3 Å². The standard InChI is InChI=1S/C35H52O15/c1-16-24(39)27(42)29(50-30-28(43)26(41)25(40)22(13-36)49-30)31(47-16)48-18-3-8-33(15-37)20-4-7-32(2)19(17-11-23(38)46-14-17)6-10-35(32,45)21(20)5-9-34(33,44)12-18/h11,15-16,18-22,24-31,36,39-45H,3-10,12-14H2,1-2H3/t16-,18-,19+,20-,21+,22+,24-,25+,26-,27+,28+,29+,30-,31-,32+,33-,34-,35-/m0/s1. The number of esters is 1. The van der Waals surface area contributed by atoms with Crippen molar-refractivity contribution in [2.24, 2.45) is 28.6 Å². The van der Waals surface area contributed by atoms with Crippen LogP contribution in [0.3, 0.4) is 0 Å². The molecule has 0 aromatic heterocycles. The first-order valence-corrected chi connectivity index (χ1v) is 18.0. The molecule has 6 fully saturated rings. The number of rotatable bonds is 7. The van der Waals surface area contributed by atoms with E-state index in [2.05, 4.69) is 6.92 Å². The summed E-state index contributed by atoms with van der Waals surface area (Å²) in [6.07, 6.45) is -9.13. The van der Waals surface area contributed by atoms with Gasteiger partial charge in [-0.25, -0.2) is 4.79 Å².